The molecule has 5 aromatic rings. The highest BCUT2D eigenvalue weighted by Crippen LogP contribution is 2.31. The van der Waals surface area contributed by atoms with E-state index >= 15 is 0 Å². The molecule has 0 fully saturated rings. The molecule has 0 bridgehead atoms. The highest BCUT2D eigenvalue weighted by Gasteiger charge is 2.40. The molecule has 12 heteroatoms. The van der Waals surface area contributed by atoms with Gasteiger partial charge in [-0.25, -0.2) is 23.4 Å². The first-order valence-electron chi connectivity index (χ1n) is 11.1. The third-order valence-corrected chi connectivity index (χ3v) is 7.06. The maximum absolute atomic E-state index is 14.7. The fourth-order valence-corrected chi connectivity index (χ4v) is 4.97. The number of aliphatic hydroxyl groups is 1. The van der Waals surface area contributed by atoms with Crippen molar-refractivity contribution >= 4 is 22.2 Å². The molecule has 0 saturated heterocycles. The minimum absolute atomic E-state index is 0.104. The first-order chi connectivity index (χ1) is 17.8. The molecule has 3 aromatic heterocycles. The van der Waals surface area contributed by atoms with Gasteiger partial charge >= 0.3 is 0 Å². The van der Waals surface area contributed by atoms with Crippen LogP contribution in [0.3, 0.4) is 0 Å². The molecule has 37 heavy (non-hydrogen) atoms. The zero-order valence-electron chi connectivity index (χ0n) is 19.3. The molecule has 3 heterocycles. The summed E-state index contributed by atoms with van der Waals surface area (Å²) in [4.78, 5) is 22.8. The summed E-state index contributed by atoms with van der Waals surface area (Å²) in [5, 5.41) is 27.2. The average molecular weight is 520 g/mol. The molecule has 186 valence electrons. The molecule has 0 spiro atoms. The van der Waals surface area contributed by atoms with E-state index in [-0.39, 0.29) is 17.8 Å². The molecule has 0 aliphatic rings. The summed E-state index contributed by atoms with van der Waals surface area (Å²) in [5.41, 5.74) is -0.612. The number of nitriles is 1. The smallest absolute Gasteiger partial charge is 0.271 e. The summed E-state index contributed by atoms with van der Waals surface area (Å²) < 4.78 is 31.3. The molecule has 0 saturated carbocycles. The summed E-state index contributed by atoms with van der Waals surface area (Å²) in [6, 6.07) is 11.0. The third kappa shape index (κ3) is 4.69. The van der Waals surface area contributed by atoms with Crippen molar-refractivity contribution in [2.75, 3.05) is 0 Å². The van der Waals surface area contributed by atoms with Crippen LogP contribution in [0.1, 0.15) is 28.5 Å². The van der Waals surface area contributed by atoms with Crippen LogP contribution in [0.5, 0.6) is 0 Å². The number of rotatable bonds is 7. The molecule has 0 aliphatic heterocycles. The predicted molar refractivity (Wildman–Crippen MR) is 130 cm³/mol. The summed E-state index contributed by atoms with van der Waals surface area (Å²) in [6.07, 6.45) is 5.98. The van der Waals surface area contributed by atoms with E-state index < -0.39 is 29.2 Å². The van der Waals surface area contributed by atoms with Gasteiger partial charge in [0.05, 0.1) is 29.1 Å². The molecule has 1 amide bonds. The number of carbonyl (C=O) groups excluding carboxylic acids is 1. The lowest BCUT2D eigenvalue weighted by Gasteiger charge is -2.35. The Morgan fingerprint density at radius 1 is 1.24 bits per heavy atom. The van der Waals surface area contributed by atoms with Gasteiger partial charge < -0.3 is 10.4 Å². The van der Waals surface area contributed by atoms with Crippen molar-refractivity contribution in [1.82, 2.24) is 29.5 Å². The van der Waals surface area contributed by atoms with Crippen LogP contribution < -0.4 is 5.32 Å². The Balaban J connectivity index is 1.39. The van der Waals surface area contributed by atoms with Crippen LogP contribution in [0, 0.1) is 23.0 Å². The second kappa shape index (κ2) is 9.53. The first-order valence-corrected chi connectivity index (χ1v) is 11.9. The van der Waals surface area contributed by atoms with Crippen molar-refractivity contribution in [3.8, 4) is 16.5 Å². The number of nitrogens with one attached hydrogen (secondary N) is 1. The Labute approximate surface area is 213 Å². The van der Waals surface area contributed by atoms with E-state index in [0.717, 1.165) is 22.6 Å². The predicted octanol–water partition coefficient (Wildman–Crippen LogP) is 3.51. The number of nitrogens with zero attached hydrogens (tertiary/aromatic N) is 6. The Bertz CT molecular complexity index is 1590. The number of hydrogen-bond acceptors (Lipinski definition) is 7. The second-order valence-electron chi connectivity index (χ2n) is 8.44. The van der Waals surface area contributed by atoms with Crippen LogP contribution in [-0.4, -0.2) is 41.2 Å². The van der Waals surface area contributed by atoms with Gasteiger partial charge in [-0.05, 0) is 30.7 Å². The molecule has 5 rings (SSSR count). The van der Waals surface area contributed by atoms with Crippen LogP contribution in [0.15, 0.2) is 67.5 Å². The van der Waals surface area contributed by atoms with Crippen LogP contribution in [0.4, 0.5) is 8.78 Å². The molecular formula is C25H19F2N7O2S. The highest BCUT2D eigenvalue weighted by atomic mass is 32.1. The number of carbonyl (C=O) groups is 1. The Morgan fingerprint density at radius 2 is 2.03 bits per heavy atom. The minimum Gasteiger partial charge on any atom is -0.381 e. The molecule has 0 aliphatic carbocycles. The zero-order valence-corrected chi connectivity index (χ0v) is 20.2. The lowest BCUT2D eigenvalue weighted by Crippen LogP contribution is -2.52. The quantitative estimate of drug-likeness (QED) is 0.340. The molecule has 9 nitrogen and oxygen atoms in total. The largest absolute Gasteiger partial charge is 0.381 e. The van der Waals surface area contributed by atoms with E-state index in [1.165, 1.54) is 35.6 Å². The standard InChI is InChI=1S/C25H19F2N7O2S/c1-15(25(36,12-34-14-29-13-30-34)19-7-6-18(26)8-20(19)27)31-23(35)21-10-33-11-22(37-24(33)32-21)17-4-2-16(9-28)3-5-17/h2-8,10-11,13-15,36H,12H2,1H3,(H,31,35)/t15-,25-/m1/s1. The van der Waals surface area contributed by atoms with E-state index in [4.69, 9.17) is 5.26 Å². The summed E-state index contributed by atoms with van der Waals surface area (Å²) >= 11 is 1.37. The maximum atomic E-state index is 14.7. The molecule has 2 aromatic carbocycles. The number of halogens is 2. The van der Waals surface area contributed by atoms with Crippen LogP contribution in [0.2, 0.25) is 0 Å². The van der Waals surface area contributed by atoms with Gasteiger partial charge in [0.2, 0.25) is 0 Å². The van der Waals surface area contributed by atoms with Gasteiger partial charge in [-0.15, -0.1) is 0 Å². The van der Waals surface area contributed by atoms with E-state index in [2.05, 4.69) is 26.5 Å². The van der Waals surface area contributed by atoms with Gasteiger partial charge in [0, 0.05) is 24.0 Å². The number of imidazole rings is 1. The van der Waals surface area contributed by atoms with Gasteiger partial charge in [-0.1, -0.05) is 29.5 Å². The van der Waals surface area contributed by atoms with Crippen molar-refractivity contribution in [3.05, 3.63) is 96.0 Å². The molecule has 0 unspecified atom stereocenters. The van der Waals surface area contributed by atoms with Gasteiger partial charge in [-0.3, -0.25) is 9.20 Å². The number of hydrogen-bond donors (Lipinski definition) is 2. The number of amides is 1. The lowest BCUT2D eigenvalue weighted by molar-refractivity contribution is -0.0186. The summed E-state index contributed by atoms with van der Waals surface area (Å²) in [6.45, 7) is 1.27. The zero-order chi connectivity index (χ0) is 26.2. The summed E-state index contributed by atoms with van der Waals surface area (Å²) in [7, 11) is 0. The monoisotopic (exact) mass is 519 g/mol. The summed E-state index contributed by atoms with van der Waals surface area (Å²) in [5.74, 6) is -2.33. The number of benzene rings is 2. The number of aromatic nitrogens is 5. The molecule has 2 N–H and O–H groups in total. The minimum atomic E-state index is -1.99. The van der Waals surface area contributed by atoms with Gasteiger partial charge in [0.15, 0.2) is 4.96 Å². The Hall–Kier alpha value is -4.47. The number of thiazole rings is 1. The first kappa shape index (κ1) is 24.2. The van der Waals surface area contributed by atoms with Gasteiger partial charge in [0.25, 0.3) is 5.91 Å². The van der Waals surface area contributed by atoms with Crippen molar-refractivity contribution < 1.29 is 18.7 Å². The van der Waals surface area contributed by atoms with Gasteiger partial charge in [0.1, 0.15) is 35.6 Å². The van der Waals surface area contributed by atoms with E-state index in [1.807, 2.05) is 18.3 Å². The molecule has 2 atom stereocenters. The van der Waals surface area contributed by atoms with Crippen molar-refractivity contribution in [1.29, 1.82) is 5.26 Å². The number of fused-ring (bicyclic) bond motifs is 1. The van der Waals surface area contributed by atoms with E-state index in [0.29, 0.717) is 16.6 Å². The third-order valence-electron chi connectivity index (χ3n) is 6.02. The normalized spacial score (nSPS) is 13.7. The van der Waals surface area contributed by atoms with Crippen molar-refractivity contribution in [3.63, 3.8) is 0 Å². The van der Waals surface area contributed by atoms with Crippen LogP contribution in [0.25, 0.3) is 15.4 Å². The molecular weight excluding hydrogens is 500 g/mol. The van der Waals surface area contributed by atoms with Crippen molar-refractivity contribution in [2.24, 2.45) is 0 Å². The maximum Gasteiger partial charge on any atom is 0.271 e. The van der Waals surface area contributed by atoms with E-state index in [9.17, 15) is 18.7 Å². The average Bonchev–Trinajstić information content (AvgIpc) is 3.61. The van der Waals surface area contributed by atoms with Crippen LogP contribution >= 0.6 is 11.3 Å². The second-order valence-corrected chi connectivity index (χ2v) is 9.45. The van der Waals surface area contributed by atoms with Gasteiger partial charge in [-0.2, -0.15) is 10.4 Å². The fourth-order valence-electron chi connectivity index (χ4n) is 3.99. The SMILES string of the molecule is C[C@@H](NC(=O)c1cn2cc(-c3ccc(C#N)cc3)sc2n1)[C@](O)(Cn1cncn1)c1ccc(F)cc1F. The fraction of sp³-hybridized carbons (Fsp3) is 0.160. The lowest BCUT2D eigenvalue weighted by atomic mass is 9.86. The van der Waals surface area contributed by atoms with Crippen molar-refractivity contribution in [2.45, 2.75) is 25.1 Å². The highest BCUT2D eigenvalue weighted by molar-refractivity contribution is 7.20. The Kier molecular flexibility index (Phi) is 6.24. The Morgan fingerprint density at radius 3 is 2.68 bits per heavy atom. The van der Waals surface area contributed by atoms with E-state index in [1.54, 1.807) is 22.7 Å². The molecule has 0 radical (unpaired) electrons. The van der Waals surface area contributed by atoms with Crippen LogP contribution in [-0.2, 0) is 12.1 Å². The topological polar surface area (TPSA) is 121 Å².